The van der Waals surface area contributed by atoms with Crippen molar-refractivity contribution < 1.29 is 46.8 Å². The Morgan fingerprint density at radius 3 is 0.750 bits per heavy atom. The number of carboxylic acids is 3. The van der Waals surface area contributed by atoms with Gasteiger partial charge in [-0.25, -0.2) is 0 Å². The SMILES string of the molecule is N#CC(=O)[O-].N#CC(=O)[O-].N#CC(=O)[O-].[Fe+3]. The molecule has 0 bridgehead atoms. The van der Waals surface area contributed by atoms with Gasteiger partial charge in [0.1, 0.15) is 36.1 Å². The van der Waals surface area contributed by atoms with E-state index < -0.39 is 17.9 Å². The van der Waals surface area contributed by atoms with Crippen LogP contribution in [0.2, 0.25) is 0 Å². The van der Waals surface area contributed by atoms with Crippen LogP contribution < -0.4 is 15.3 Å². The number of carbonyl (C=O) groups is 3. The molecular weight excluding hydrogens is 266 g/mol. The molecular formula is C6FeN3O6. The molecule has 0 aliphatic rings. The van der Waals surface area contributed by atoms with Gasteiger partial charge in [-0.05, 0) is 0 Å². The van der Waals surface area contributed by atoms with Crippen molar-refractivity contribution in [3.05, 3.63) is 0 Å². The first kappa shape index (κ1) is 23.3. The summed E-state index contributed by atoms with van der Waals surface area (Å²) < 4.78 is 0. The Kier molecular flexibility index (Phi) is 26.6. The van der Waals surface area contributed by atoms with Gasteiger partial charge < -0.3 is 29.7 Å². The van der Waals surface area contributed by atoms with E-state index in [1.165, 1.54) is 0 Å². The second-order valence-electron chi connectivity index (χ2n) is 1.20. The summed E-state index contributed by atoms with van der Waals surface area (Å²) in [6, 6.07) is 2.50. The molecule has 10 heteroatoms. The summed E-state index contributed by atoms with van der Waals surface area (Å²) in [5.74, 6) is -5.07. The molecule has 0 aromatic heterocycles. The van der Waals surface area contributed by atoms with Crippen LogP contribution in [0.5, 0.6) is 0 Å². The van der Waals surface area contributed by atoms with E-state index in [1.807, 2.05) is 0 Å². The molecule has 9 nitrogen and oxygen atoms in total. The molecule has 0 fully saturated rings. The molecule has 0 N–H and O–H groups in total. The Hall–Kier alpha value is -2.60. The van der Waals surface area contributed by atoms with Crippen LogP contribution in [0.4, 0.5) is 0 Å². The molecule has 0 rings (SSSR count). The second-order valence-corrected chi connectivity index (χ2v) is 1.20. The Morgan fingerprint density at radius 2 is 0.750 bits per heavy atom. The normalized spacial score (nSPS) is 5.06. The van der Waals surface area contributed by atoms with Gasteiger partial charge in [0.2, 0.25) is 0 Å². The maximum Gasteiger partial charge on any atom is 3.00 e. The van der Waals surface area contributed by atoms with Crippen molar-refractivity contribution in [2.24, 2.45) is 0 Å². The molecule has 0 spiro atoms. The van der Waals surface area contributed by atoms with Gasteiger partial charge in [-0.3, -0.25) is 0 Å². The van der Waals surface area contributed by atoms with Crippen molar-refractivity contribution in [3.8, 4) is 18.2 Å². The van der Waals surface area contributed by atoms with Crippen molar-refractivity contribution >= 4 is 17.9 Å². The summed E-state index contributed by atoms with van der Waals surface area (Å²) in [5, 5.41) is 48.4. The zero-order chi connectivity index (χ0) is 12.9. The van der Waals surface area contributed by atoms with Crippen LogP contribution in [0.15, 0.2) is 0 Å². The quantitative estimate of drug-likeness (QED) is 0.304. The van der Waals surface area contributed by atoms with Crippen LogP contribution in [0, 0.1) is 34.0 Å². The Morgan fingerprint density at radius 1 is 0.688 bits per heavy atom. The molecule has 1 radical (unpaired) electrons. The molecule has 0 aliphatic heterocycles. The van der Waals surface area contributed by atoms with Crippen LogP contribution in [-0.4, -0.2) is 17.9 Å². The predicted octanol–water partition coefficient (Wildman–Crippen LogP) is -5.22. The van der Waals surface area contributed by atoms with Crippen LogP contribution in [0.25, 0.3) is 0 Å². The zero-order valence-electron chi connectivity index (χ0n) is 7.14. The molecule has 0 aromatic rings. The molecule has 0 saturated heterocycles. The maximum atomic E-state index is 8.90. The number of aliphatic carboxylic acids is 3. The summed E-state index contributed by atoms with van der Waals surface area (Å²) >= 11 is 0. The third kappa shape index (κ3) is 107. The Bertz CT molecular complexity index is 303. The van der Waals surface area contributed by atoms with E-state index in [0.717, 1.165) is 18.2 Å². The monoisotopic (exact) mass is 266 g/mol. The third-order valence-electron chi connectivity index (χ3n) is 0.274. The fourth-order valence-corrected chi connectivity index (χ4v) is 0. The molecule has 0 saturated carbocycles. The van der Waals surface area contributed by atoms with E-state index >= 15 is 0 Å². The molecule has 0 atom stereocenters. The van der Waals surface area contributed by atoms with Crippen molar-refractivity contribution in [1.29, 1.82) is 15.8 Å². The summed E-state index contributed by atoms with van der Waals surface area (Å²) in [4.78, 5) is 26.7. The number of hydrogen-bond acceptors (Lipinski definition) is 9. The molecule has 0 amide bonds. The van der Waals surface area contributed by atoms with E-state index in [-0.39, 0.29) is 17.1 Å². The number of hydrogen-bond donors (Lipinski definition) is 0. The first-order chi connectivity index (χ1) is 6.81. The van der Waals surface area contributed by atoms with Gasteiger partial charge in [0.15, 0.2) is 0 Å². The first-order valence-corrected chi connectivity index (χ1v) is 2.65. The summed E-state index contributed by atoms with van der Waals surface area (Å²) in [7, 11) is 0. The number of carbonyl (C=O) groups excluding carboxylic acids is 3. The largest absolute Gasteiger partial charge is 3.00 e. The molecule has 83 valence electrons. The summed E-state index contributed by atoms with van der Waals surface area (Å²) in [6.45, 7) is 0. The van der Waals surface area contributed by atoms with Crippen molar-refractivity contribution in [2.45, 2.75) is 0 Å². The number of nitrogens with zero attached hydrogens (tertiary/aromatic N) is 3. The first-order valence-electron chi connectivity index (χ1n) is 2.65. The van der Waals surface area contributed by atoms with Gasteiger partial charge >= 0.3 is 17.1 Å². The average molecular weight is 266 g/mol. The molecule has 0 unspecified atom stereocenters. The maximum absolute atomic E-state index is 8.90. The Labute approximate surface area is 99.2 Å². The predicted molar refractivity (Wildman–Crippen MR) is 31.9 cm³/mol. The van der Waals surface area contributed by atoms with Crippen LogP contribution in [0.3, 0.4) is 0 Å². The second kappa shape index (κ2) is 18.2. The average Bonchev–Trinajstić information content (AvgIpc) is 2.19. The number of carboxylic acid groups (broad SMARTS) is 3. The fourth-order valence-electron chi connectivity index (χ4n) is 0. The van der Waals surface area contributed by atoms with E-state index in [1.54, 1.807) is 0 Å². The van der Waals surface area contributed by atoms with Gasteiger partial charge in [0.25, 0.3) is 0 Å². The fraction of sp³-hybridized carbons (Fsp3) is 0. The van der Waals surface area contributed by atoms with Crippen molar-refractivity contribution in [3.63, 3.8) is 0 Å². The standard InChI is InChI=1S/3C2HNO2.Fe/c3*3-1-2(4)5;/h3*(H,4,5);/q;;;+3/p-3. The van der Waals surface area contributed by atoms with E-state index in [9.17, 15) is 0 Å². The van der Waals surface area contributed by atoms with E-state index in [4.69, 9.17) is 45.5 Å². The smallest absolute Gasteiger partial charge is 0.535 e. The van der Waals surface area contributed by atoms with Crippen molar-refractivity contribution in [1.82, 2.24) is 0 Å². The minimum Gasteiger partial charge on any atom is -0.535 e. The van der Waals surface area contributed by atoms with Crippen LogP contribution >= 0.6 is 0 Å². The van der Waals surface area contributed by atoms with Gasteiger partial charge in [-0.15, -0.1) is 0 Å². The topological polar surface area (TPSA) is 192 Å². The minimum atomic E-state index is -1.69. The van der Waals surface area contributed by atoms with Crippen LogP contribution in [-0.2, 0) is 31.5 Å². The number of nitriles is 3. The molecule has 0 heterocycles. The minimum absolute atomic E-state index is 0. The van der Waals surface area contributed by atoms with E-state index in [0.29, 0.717) is 0 Å². The summed E-state index contributed by atoms with van der Waals surface area (Å²) in [5.41, 5.74) is 0. The third-order valence-corrected chi connectivity index (χ3v) is 0.274. The number of rotatable bonds is 0. The molecule has 16 heavy (non-hydrogen) atoms. The summed E-state index contributed by atoms with van der Waals surface area (Å²) in [6.07, 6.45) is 0. The van der Waals surface area contributed by atoms with Gasteiger partial charge in [-0.2, -0.15) is 15.8 Å². The van der Waals surface area contributed by atoms with Gasteiger partial charge in [0, 0.05) is 0 Å². The molecule has 0 aromatic carbocycles. The van der Waals surface area contributed by atoms with Crippen molar-refractivity contribution in [2.75, 3.05) is 0 Å². The van der Waals surface area contributed by atoms with E-state index in [2.05, 4.69) is 0 Å². The molecule has 0 aliphatic carbocycles. The van der Waals surface area contributed by atoms with Gasteiger partial charge in [-0.1, -0.05) is 0 Å². The van der Waals surface area contributed by atoms with Gasteiger partial charge in [0.05, 0.1) is 0 Å². The Balaban J connectivity index is -0.0000000655. The van der Waals surface area contributed by atoms with Crippen LogP contribution in [0.1, 0.15) is 0 Å². The zero-order valence-corrected chi connectivity index (χ0v) is 8.25.